The predicted molar refractivity (Wildman–Crippen MR) is 115 cm³/mol. The van der Waals surface area contributed by atoms with E-state index in [0.29, 0.717) is 30.1 Å². The maximum absolute atomic E-state index is 12.7. The predicted octanol–water partition coefficient (Wildman–Crippen LogP) is 3.28. The van der Waals surface area contributed by atoms with Crippen molar-refractivity contribution in [3.05, 3.63) is 82.0 Å². The Balaban J connectivity index is 1.45. The number of fused-ring (bicyclic) bond motifs is 1. The normalized spacial score (nSPS) is 12.6. The highest BCUT2D eigenvalue weighted by atomic mass is 16.3. The van der Waals surface area contributed by atoms with E-state index in [0.717, 1.165) is 36.1 Å². The lowest BCUT2D eigenvalue weighted by molar-refractivity contribution is -0.116. The molecule has 1 aliphatic carbocycles. The van der Waals surface area contributed by atoms with Gasteiger partial charge in [-0.25, -0.2) is 4.98 Å². The molecule has 0 saturated carbocycles. The number of aromatic nitrogens is 4. The lowest BCUT2D eigenvalue weighted by Crippen LogP contribution is -2.21. The summed E-state index contributed by atoms with van der Waals surface area (Å²) >= 11 is 0. The van der Waals surface area contributed by atoms with Crippen molar-refractivity contribution >= 4 is 11.7 Å². The van der Waals surface area contributed by atoms with Crippen molar-refractivity contribution < 1.29 is 9.21 Å². The van der Waals surface area contributed by atoms with Crippen molar-refractivity contribution in [3.8, 4) is 17.4 Å². The molecular weight excluding hydrogens is 394 g/mol. The molecule has 0 radical (unpaired) electrons. The van der Waals surface area contributed by atoms with E-state index >= 15 is 0 Å². The molecule has 8 heteroatoms. The first-order chi connectivity index (χ1) is 15.2. The van der Waals surface area contributed by atoms with E-state index in [1.807, 2.05) is 30.3 Å². The second-order valence-electron chi connectivity index (χ2n) is 7.51. The molecule has 4 aromatic rings. The minimum Gasteiger partial charge on any atom is -0.463 e. The average Bonchev–Trinajstić information content (AvgIpc) is 3.53. The maximum atomic E-state index is 12.7. The van der Waals surface area contributed by atoms with Gasteiger partial charge in [-0.15, -0.1) is 0 Å². The molecule has 156 valence electrons. The molecule has 0 atom stereocenters. The molecule has 31 heavy (non-hydrogen) atoms. The highest BCUT2D eigenvalue weighted by Crippen LogP contribution is 2.25. The number of furan rings is 1. The van der Waals surface area contributed by atoms with Gasteiger partial charge in [-0.05, 0) is 43.4 Å². The van der Waals surface area contributed by atoms with Crippen LogP contribution < -0.4 is 10.9 Å². The number of rotatable bonds is 6. The fourth-order valence-electron chi connectivity index (χ4n) is 3.81. The minimum atomic E-state index is -0.158. The summed E-state index contributed by atoms with van der Waals surface area (Å²) in [5.41, 5.74) is 2.98. The van der Waals surface area contributed by atoms with Gasteiger partial charge in [-0.3, -0.25) is 14.6 Å². The summed E-state index contributed by atoms with van der Waals surface area (Å²) in [6, 6.07) is 15.1. The first-order valence-corrected chi connectivity index (χ1v) is 10.3. The van der Waals surface area contributed by atoms with Crippen LogP contribution in [0.3, 0.4) is 0 Å². The third kappa shape index (κ3) is 3.92. The summed E-state index contributed by atoms with van der Waals surface area (Å²) in [5.74, 6) is 1.11. The number of nitrogens with one attached hydrogen (secondary N) is 2. The molecule has 1 aromatic carbocycles. The van der Waals surface area contributed by atoms with E-state index < -0.39 is 0 Å². The summed E-state index contributed by atoms with van der Waals surface area (Å²) in [6.07, 6.45) is 4.91. The summed E-state index contributed by atoms with van der Waals surface area (Å²) in [5, 5.41) is 7.44. The van der Waals surface area contributed by atoms with Gasteiger partial charge in [0.25, 0.3) is 5.56 Å². The third-order valence-corrected chi connectivity index (χ3v) is 5.36. The zero-order valence-electron chi connectivity index (χ0n) is 16.8. The number of amides is 1. The van der Waals surface area contributed by atoms with Crippen LogP contribution in [0.5, 0.6) is 0 Å². The number of aryl methyl sites for hydroxylation is 2. The molecule has 8 nitrogen and oxygen atoms in total. The van der Waals surface area contributed by atoms with Gasteiger partial charge in [0, 0.05) is 18.1 Å². The number of carbonyl (C=O) groups is 1. The highest BCUT2D eigenvalue weighted by Gasteiger charge is 2.21. The molecule has 2 N–H and O–H groups in total. The Labute approximate surface area is 178 Å². The van der Waals surface area contributed by atoms with E-state index in [1.165, 1.54) is 4.68 Å². The van der Waals surface area contributed by atoms with Crippen LogP contribution in [0.4, 0.5) is 5.82 Å². The number of H-pyrrole nitrogens is 1. The lowest BCUT2D eigenvalue weighted by Gasteiger charge is -2.09. The van der Waals surface area contributed by atoms with Crippen LogP contribution in [-0.4, -0.2) is 25.7 Å². The van der Waals surface area contributed by atoms with Crippen LogP contribution in [0.1, 0.15) is 29.7 Å². The molecule has 5 rings (SSSR count). The van der Waals surface area contributed by atoms with E-state index in [4.69, 9.17) is 4.42 Å². The van der Waals surface area contributed by atoms with Crippen molar-refractivity contribution in [2.24, 2.45) is 0 Å². The molecular formula is C23H21N5O3. The Hall–Kier alpha value is -3.94. The van der Waals surface area contributed by atoms with Crippen molar-refractivity contribution in [1.82, 2.24) is 19.7 Å². The Bertz CT molecular complexity index is 1270. The molecule has 0 fully saturated rings. The molecule has 0 unspecified atom stereocenters. The molecule has 0 aliphatic heterocycles. The average molecular weight is 415 g/mol. The van der Waals surface area contributed by atoms with Gasteiger partial charge in [0.15, 0.2) is 5.76 Å². The van der Waals surface area contributed by atoms with Crippen LogP contribution in [0.2, 0.25) is 0 Å². The zero-order valence-corrected chi connectivity index (χ0v) is 16.8. The van der Waals surface area contributed by atoms with Gasteiger partial charge >= 0.3 is 0 Å². The van der Waals surface area contributed by atoms with E-state index in [9.17, 15) is 9.59 Å². The minimum absolute atomic E-state index is 0.153. The van der Waals surface area contributed by atoms with Gasteiger partial charge in [0.05, 0.1) is 12.0 Å². The largest absolute Gasteiger partial charge is 0.463 e. The second-order valence-corrected chi connectivity index (χ2v) is 7.51. The van der Waals surface area contributed by atoms with E-state index in [-0.39, 0.29) is 17.4 Å². The maximum Gasteiger partial charge on any atom is 0.255 e. The molecule has 1 amide bonds. The zero-order chi connectivity index (χ0) is 21.2. The Morgan fingerprint density at radius 3 is 2.84 bits per heavy atom. The van der Waals surface area contributed by atoms with Gasteiger partial charge in [-0.2, -0.15) is 9.78 Å². The van der Waals surface area contributed by atoms with Gasteiger partial charge in [0.1, 0.15) is 11.5 Å². The second kappa shape index (κ2) is 8.06. The topological polar surface area (TPSA) is 106 Å². The van der Waals surface area contributed by atoms with Gasteiger partial charge in [0.2, 0.25) is 11.9 Å². The Morgan fingerprint density at radius 1 is 1.16 bits per heavy atom. The quantitative estimate of drug-likeness (QED) is 0.503. The fourth-order valence-corrected chi connectivity index (χ4v) is 3.81. The van der Waals surface area contributed by atoms with E-state index in [1.54, 1.807) is 24.5 Å². The number of nitrogens with zero attached hydrogens (tertiary/aromatic N) is 3. The summed E-state index contributed by atoms with van der Waals surface area (Å²) in [4.78, 5) is 32.6. The van der Waals surface area contributed by atoms with Crippen molar-refractivity contribution in [2.75, 3.05) is 5.32 Å². The van der Waals surface area contributed by atoms with Crippen molar-refractivity contribution in [2.45, 2.75) is 32.1 Å². The number of hydrogen-bond donors (Lipinski definition) is 2. The molecule has 3 aromatic heterocycles. The standard InChI is InChI=1S/C23H21N5O3/c29-21(12-11-15-6-2-1-3-7-15)25-20-14-18(19-10-5-13-31-19)27-28(20)23-24-17-9-4-8-16(17)22(30)26-23/h1-3,5-7,10,13-14H,4,8-9,11-12H2,(H,25,29)(H,24,26,30). The van der Waals surface area contributed by atoms with Crippen LogP contribution in [-0.2, 0) is 24.1 Å². The van der Waals surface area contributed by atoms with Crippen LogP contribution in [0.15, 0.2) is 64.0 Å². The third-order valence-electron chi connectivity index (χ3n) is 5.36. The van der Waals surface area contributed by atoms with Crippen molar-refractivity contribution in [3.63, 3.8) is 0 Å². The Morgan fingerprint density at radius 2 is 2.03 bits per heavy atom. The number of benzene rings is 1. The highest BCUT2D eigenvalue weighted by molar-refractivity contribution is 5.90. The monoisotopic (exact) mass is 415 g/mol. The molecule has 0 spiro atoms. The van der Waals surface area contributed by atoms with E-state index in [2.05, 4.69) is 20.4 Å². The SMILES string of the molecule is O=C(CCc1ccccc1)Nc1cc(-c2ccco2)nn1-c1nc2c(c(=O)[nH]1)CCC2. The van der Waals surface area contributed by atoms with Crippen molar-refractivity contribution in [1.29, 1.82) is 0 Å². The molecule has 0 bridgehead atoms. The van der Waals surface area contributed by atoms with Gasteiger partial charge in [-0.1, -0.05) is 30.3 Å². The van der Waals surface area contributed by atoms with Crippen LogP contribution in [0, 0.1) is 0 Å². The molecule has 3 heterocycles. The number of anilines is 1. The van der Waals surface area contributed by atoms with Crippen LogP contribution in [0.25, 0.3) is 17.4 Å². The summed E-state index contributed by atoms with van der Waals surface area (Å²) in [7, 11) is 0. The summed E-state index contributed by atoms with van der Waals surface area (Å²) in [6.45, 7) is 0. The number of carbonyl (C=O) groups excluding carboxylic acids is 1. The first-order valence-electron chi connectivity index (χ1n) is 10.3. The lowest BCUT2D eigenvalue weighted by atomic mass is 10.1. The Kier molecular flexibility index (Phi) is 4.95. The fraction of sp³-hybridized carbons (Fsp3) is 0.217. The number of aromatic amines is 1. The van der Waals surface area contributed by atoms with Gasteiger partial charge < -0.3 is 9.73 Å². The summed E-state index contributed by atoms with van der Waals surface area (Å²) < 4.78 is 6.91. The molecule has 1 aliphatic rings. The van der Waals surface area contributed by atoms with Crippen LogP contribution >= 0.6 is 0 Å². The number of hydrogen-bond acceptors (Lipinski definition) is 5. The first kappa shape index (κ1) is 19.0. The molecule has 0 saturated heterocycles. The smallest absolute Gasteiger partial charge is 0.255 e.